The van der Waals surface area contributed by atoms with Gasteiger partial charge in [-0.1, -0.05) is 6.42 Å². The van der Waals surface area contributed by atoms with E-state index in [1.54, 1.807) is 0 Å². The molecule has 56 heavy (non-hydrogen) atoms. The molecule has 0 rings (SSSR count). The van der Waals surface area contributed by atoms with Gasteiger partial charge in [-0.25, -0.2) is 70.2 Å². The second-order valence-corrected chi connectivity index (χ2v) is 21.2. The normalized spacial score (nSPS) is 15.9. The van der Waals surface area contributed by atoms with Crippen LogP contribution in [0.5, 0.6) is 0 Å². The number of halogens is 28. The maximum atomic E-state index is 14.2. The van der Waals surface area contributed by atoms with E-state index in [4.69, 9.17) is 22.2 Å². The Labute approximate surface area is 310 Å². The largest absolute Gasteiger partial charge is 0.453 e. The van der Waals surface area contributed by atoms with Gasteiger partial charge in [-0.15, -0.1) is 22.2 Å². The van der Waals surface area contributed by atoms with Crippen molar-refractivity contribution in [3.8, 4) is 0 Å². The summed E-state index contributed by atoms with van der Waals surface area (Å²) in [6, 6.07) is -1.19. The number of rotatable bonds is 25. The van der Waals surface area contributed by atoms with Crippen molar-refractivity contribution in [1.29, 1.82) is 0 Å². The number of hydrogen-bond donors (Lipinski definition) is 0. The van der Waals surface area contributed by atoms with Gasteiger partial charge in [0.25, 0.3) is 54.1 Å². The van der Waals surface area contributed by atoms with Gasteiger partial charge in [-0.2, -0.15) is 43.9 Å². The average Bonchev–Trinajstić information content (AvgIpc) is 2.78. The molecule has 0 heterocycles. The van der Waals surface area contributed by atoms with Crippen LogP contribution < -0.4 is 0 Å². The summed E-state index contributed by atoms with van der Waals surface area (Å²) in [6.07, 6.45) is -44.2. The molecule has 0 radical (unpaired) electrons. The Morgan fingerprint density at radius 1 is 0.268 bits per heavy atom. The van der Waals surface area contributed by atoms with Crippen LogP contribution in [0.1, 0.15) is 83.5 Å². The molecule has 29 heteroatoms. The van der Waals surface area contributed by atoms with Gasteiger partial charge in [0.1, 0.15) is 0 Å². The molecule has 0 nitrogen and oxygen atoms in total. The van der Waals surface area contributed by atoms with Crippen LogP contribution in [0.2, 0.25) is 12.1 Å². The molecule has 0 aromatic rings. The van der Waals surface area contributed by atoms with Crippen LogP contribution in [0.25, 0.3) is 0 Å². The lowest BCUT2D eigenvalue weighted by Gasteiger charge is -2.30. The monoisotopic (exact) mass is 946 g/mol. The van der Waals surface area contributed by atoms with E-state index in [2.05, 4.69) is 0 Å². The lowest BCUT2D eigenvalue weighted by molar-refractivity contribution is -0.304. The summed E-state index contributed by atoms with van der Waals surface area (Å²) in [4.78, 5) is 0. The van der Waals surface area contributed by atoms with Crippen molar-refractivity contribution in [2.75, 3.05) is 0 Å². The highest BCUT2D eigenvalue weighted by atomic mass is 35.7. The Kier molecular flexibility index (Phi) is 17.6. The predicted octanol–water partition coefficient (Wildman–Crippen LogP) is 15.5. The van der Waals surface area contributed by atoms with Gasteiger partial charge in [0.2, 0.25) is 0 Å². The third-order valence-electron chi connectivity index (χ3n) is 7.31. The molecule has 0 aliphatic heterocycles. The molecular formula is C27H30Cl2F26Si. The van der Waals surface area contributed by atoms with Crippen LogP contribution in [-0.2, 0) is 0 Å². The van der Waals surface area contributed by atoms with E-state index in [0.29, 0.717) is 0 Å². The van der Waals surface area contributed by atoms with Crippen molar-refractivity contribution in [3.63, 3.8) is 0 Å². The van der Waals surface area contributed by atoms with Crippen molar-refractivity contribution in [1.82, 2.24) is 0 Å². The van der Waals surface area contributed by atoms with Crippen molar-refractivity contribution < 1.29 is 114 Å². The number of alkyl halides is 26. The summed E-state index contributed by atoms with van der Waals surface area (Å²) in [5, 5.41) is 0. The zero-order chi connectivity index (χ0) is 45.1. The standard InChI is InChI=1S/C27H30Cl2F26Si/c28-56(29,7-3-5-17(32,33)9-19(36,37)11-21(40,41)13-23(44,45)15-25(48,49)27(53,54)55)6-2-1-4-16(30,31)8-18(34,35)10-20(38,39)12-22(42,43)14-24(46,47)26(50,51)52/h1-15H2. The Morgan fingerprint density at radius 3 is 0.750 bits per heavy atom. The number of hydrogen-bond acceptors (Lipinski definition) is 0. The fraction of sp³-hybridized carbons (Fsp3) is 1.00. The van der Waals surface area contributed by atoms with Crippen LogP contribution in [-0.4, -0.2) is 78.3 Å². The molecule has 0 unspecified atom stereocenters. The molecule has 0 bridgehead atoms. The van der Waals surface area contributed by atoms with E-state index in [1.807, 2.05) is 0 Å². The topological polar surface area (TPSA) is 0 Å². The highest BCUT2D eigenvalue weighted by molar-refractivity contribution is 7.45. The first-order valence-corrected chi connectivity index (χ1v) is 19.8. The fourth-order valence-electron chi connectivity index (χ4n) is 5.17. The van der Waals surface area contributed by atoms with Gasteiger partial charge in [-0.3, -0.25) is 0 Å². The lowest BCUT2D eigenvalue weighted by atomic mass is 9.95. The molecule has 0 saturated heterocycles. The van der Waals surface area contributed by atoms with Crippen LogP contribution in [0.4, 0.5) is 114 Å². The Balaban J connectivity index is 5.05. The molecule has 0 fully saturated rings. The van der Waals surface area contributed by atoms with E-state index in [0.717, 1.165) is 0 Å². The summed E-state index contributed by atoms with van der Waals surface area (Å²) in [5.74, 6) is -54.1. The van der Waals surface area contributed by atoms with E-state index in [-0.39, 0.29) is 0 Å². The molecule has 0 saturated carbocycles. The Hall–Kier alpha value is -1.02. The number of unbranched alkanes of at least 4 members (excludes halogenated alkanes) is 1. The molecular weight excluding hydrogens is 917 g/mol. The first kappa shape index (κ1) is 55.0. The van der Waals surface area contributed by atoms with E-state index >= 15 is 0 Å². The average molecular weight is 947 g/mol. The molecule has 0 N–H and O–H groups in total. The van der Waals surface area contributed by atoms with E-state index in [1.165, 1.54) is 0 Å². The van der Waals surface area contributed by atoms with Crippen molar-refractivity contribution in [3.05, 3.63) is 0 Å². The zero-order valence-corrected chi connectivity index (χ0v) is 30.2. The molecule has 0 atom stereocenters. The second-order valence-electron chi connectivity index (χ2n) is 13.6. The molecule has 0 aliphatic carbocycles. The summed E-state index contributed by atoms with van der Waals surface area (Å²) < 4.78 is 346. The first-order chi connectivity index (χ1) is 24.1. The fourth-order valence-corrected chi connectivity index (χ4v) is 8.48. The quantitative estimate of drug-likeness (QED) is 0.0370. The van der Waals surface area contributed by atoms with Gasteiger partial charge in [-0.05, 0) is 24.9 Å². The third-order valence-corrected chi connectivity index (χ3v) is 11.8. The van der Waals surface area contributed by atoms with Crippen molar-refractivity contribution in [2.24, 2.45) is 0 Å². The van der Waals surface area contributed by atoms with E-state index < -0.39 is 174 Å². The Morgan fingerprint density at radius 2 is 0.482 bits per heavy atom. The minimum atomic E-state index is -6.63. The highest BCUT2D eigenvalue weighted by Crippen LogP contribution is 2.51. The summed E-state index contributed by atoms with van der Waals surface area (Å²) in [7, 11) is 0. The van der Waals surface area contributed by atoms with Crippen LogP contribution in [0.3, 0.4) is 0 Å². The van der Waals surface area contributed by atoms with Crippen LogP contribution >= 0.6 is 22.2 Å². The van der Waals surface area contributed by atoms with E-state index in [9.17, 15) is 114 Å². The van der Waals surface area contributed by atoms with Gasteiger partial charge in [0.15, 0.2) is 0 Å². The van der Waals surface area contributed by atoms with Crippen molar-refractivity contribution in [2.45, 2.75) is 167 Å². The summed E-state index contributed by atoms with van der Waals surface area (Å²) in [6.45, 7) is -3.80. The van der Waals surface area contributed by atoms with Crippen LogP contribution in [0, 0.1) is 0 Å². The summed E-state index contributed by atoms with van der Waals surface area (Å²) in [5.41, 5.74) is 0. The second kappa shape index (κ2) is 17.9. The van der Waals surface area contributed by atoms with Gasteiger partial charge in [0, 0.05) is 12.8 Å². The molecule has 338 valence electrons. The van der Waals surface area contributed by atoms with Crippen molar-refractivity contribution >= 4 is 28.9 Å². The molecule has 0 spiro atoms. The Bertz CT molecular complexity index is 1230. The molecule has 0 aliphatic rings. The van der Waals surface area contributed by atoms with Gasteiger partial charge >= 0.3 is 24.2 Å². The summed E-state index contributed by atoms with van der Waals surface area (Å²) >= 11 is 11.8. The zero-order valence-electron chi connectivity index (χ0n) is 27.7. The molecule has 0 aromatic heterocycles. The molecule has 0 amide bonds. The minimum absolute atomic E-state index is 0.520. The minimum Gasteiger partial charge on any atom is -0.207 e. The maximum absolute atomic E-state index is 14.2. The van der Waals surface area contributed by atoms with Crippen LogP contribution in [0.15, 0.2) is 0 Å². The highest BCUT2D eigenvalue weighted by Gasteiger charge is 2.65. The lowest BCUT2D eigenvalue weighted by Crippen LogP contribution is -2.44. The molecule has 0 aromatic carbocycles. The first-order valence-electron chi connectivity index (χ1n) is 15.4. The maximum Gasteiger partial charge on any atom is 0.453 e. The third kappa shape index (κ3) is 21.3. The smallest absolute Gasteiger partial charge is 0.207 e. The van der Waals surface area contributed by atoms with Gasteiger partial charge in [0.05, 0.1) is 51.4 Å². The SMILES string of the molecule is FC(F)(CCCC[Si](Cl)(Cl)CCCC(F)(F)CC(F)(F)CC(F)(F)CC(F)(F)CC(F)(F)C(F)(F)F)CC(F)(F)CC(F)(F)CC(F)(F)CC(F)(F)C(F)(F)F. The van der Waals surface area contributed by atoms with Gasteiger partial charge < -0.3 is 0 Å². The predicted molar refractivity (Wildman–Crippen MR) is 149 cm³/mol.